The highest BCUT2D eigenvalue weighted by Gasteiger charge is 2.46. The molecule has 5 aromatic carbocycles. The molecule has 0 saturated heterocycles. The Hall–Kier alpha value is -9.79. The van der Waals surface area contributed by atoms with Gasteiger partial charge in [-0.1, -0.05) is 99.6 Å². The van der Waals surface area contributed by atoms with Gasteiger partial charge in [-0.3, -0.25) is 38.7 Å². The number of methoxy groups -OCH3 is 1. The number of ketones is 2. The minimum atomic E-state index is -1.60. The third kappa shape index (κ3) is 14.5. The van der Waals surface area contributed by atoms with E-state index in [0.717, 1.165) is 40.0 Å². The van der Waals surface area contributed by atoms with Crippen LogP contribution in [0.2, 0.25) is 0 Å². The molecule has 482 valence electrons. The summed E-state index contributed by atoms with van der Waals surface area (Å²) in [5, 5.41) is 25.7. The summed E-state index contributed by atoms with van der Waals surface area (Å²) < 4.78 is 24.6. The first-order valence-electron chi connectivity index (χ1n) is 31.6. The van der Waals surface area contributed by atoms with Crippen molar-refractivity contribution in [2.24, 2.45) is 16.8 Å². The zero-order valence-corrected chi connectivity index (χ0v) is 53.0. The third-order valence-corrected chi connectivity index (χ3v) is 18.1. The summed E-state index contributed by atoms with van der Waals surface area (Å²) in [7, 11) is 1.42. The summed E-state index contributed by atoms with van der Waals surface area (Å²) >= 11 is 0. The number of aliphatic imine (C=N–C) groups is 1. The average molecular weight is 1260 g/mol. The number of carbonyl (C=O) groups is 7. The highest BCUT2D eigenvalue weighted by molar-refractivity contribution is 6.06. The number of benzene rings is 5. The number of aliphatic hydroxyl groups excluding tert-OH is 2. The lowest BCUT2D eigenvalue weighted by Crippen LogP contribution is -2.55. The van der Waals surface area contributed by atoms with Crippen LogP contribution >= 0.6 is 0 Å². The Bertz CT molecular complexity index is 3950. The minimum Gasteiger partial charge on any atom is -0.493 e. The number of aryl methyl sites for hydroxylation is 1. The molecule has 1 unspecified atom stereocenters. The first-order chi connectivity index (χ1) is 44.8. The Kier molecular flexibility index (Phi) is 19.8. The number of Topliss-reactive ketones (excluding diaryl/α,β-unsaturated/α-hetero) is 2. The molecule has 3 N–H and O–H groups in total. The molecule has 11 rings (SSSR count). The third-order valence-electron chi connectivity index (χ3n) is 18.1. The molecule has 6 heterocycles. The van der Waals surface area contributed by atoms with Gasteiger partial charge in [-0.25, -0.2) is 9.69 Å². The van der Waals surface area contributed by atoms with Gasteiger partial charge in [-0.2, -0.15) is 0 Å². The van der Waals surface area contributed by atoms with Gasteiger partial charge in [0.15, 0.2) is 23.5 Å². The monoisotopic (exact) mass is 1260 g/mol. The summed E-state index contributed by atoms with van der Waals surface area (Å²) in [6.45, 7) is 11.5. The number of carbonyl (C=O) groups excluding carboxylic acids is 7. The Balaban J connectivity index is 0.743. The second-order valence-corrected chi connectivity index (χ2v) is 24.8. The molecule has 1 aromatic heterocycles. The number of nitrogens with one attached hydrogen (secondary N) is 1. The van der Waals surface area contributed by atoms with Gasteiger partial charge in [0.25, 0.3) is 17.7 Å². The van der Waals surface area contributed by atoms with Crippen molar-refractivity contribution < 1.29 is 62.7 Å². The van der Waals surface area contributed by atoms with Crippen LogP contribution in [0.5, 0.6) is 17.2 Å². The standard InChI is InChI=1S/C73H77N7O13/c1-43(2)58(32-57(82)18-8-7-13-25-77-45(4)19-24-68(77)84)69(85)75-46(5)64(83)29-47-20-22-48(23-21-47)40-93-73(89)80-62-35-67(66(90-6)33-60(62)71(87)79-38-53-17-12-10-15-51(53)31-63(79)72(80)88)92-42-55-28-49(39-81)27-54(76-55)41-91-65-34-61-59(26-44(65)3)70(86)78-37-52-16-11-9-14-50(52)30-56(78)36-74-61/h9-12,14-17,19-24,26-28,33-36,43,46,56,58,63,72,81,88H,4,7-8,13,18,25,29-32,37-42H2,1-3,5-6H3,(H,75,85)/t46-,56-,58-,63-,72?/m0/s1. The second-order valence-electron chi connectivity index (χ2n) is 24.8. The molecule has 5 aliphatic rings. The maximum atomic E-state index is 14.8. The summed E-state index contributed by atoms with van der Waals surface area (Å²) in [5.74, 6) is -1.31. The largest absolute Gasteiger partial charge is 0.493 e. The molecule has 6 aromatic rings. The maximum Gasteiger partial charge on any atom is 0.416 e. The van der Waals surface area contributed by atoms with Crippen molar-refractivity contribution in [1.82, 2.24) is 25.0 Å². The van der Waals surface area contributed by atoms with Crippen molar-refractivity contribution in [2.75, 3.05) is 18.6 Å². The summed E-state index contributed by atoms with van der Waals surface area (Å²) in [4.78, 5) is 111. The van der Waals surface area contributed by atoms with E-state index in [0.29, 0.717) is 83.1 Å². The van der Waals surface area contributed by atoms with Crippen molar-refractivity contribution in [3.05, 3.63) is 201 Å². The Morgan fingerprint density at radius 1 is 0.720 bits per heavy atom. The number of hydrogen-bond donors (Lipinski definition) is 3. The predicted octanol–water partition coefficient (Wildman–Crippen LogP) is 9.69. The zero-order valence-electron chi connectivity index (χ0n) is 53.0. The number of pyridine rings is 1. The summed E-state index contributed by atoms with van der Waals surface area (Å²) in [6.07, 6.45) is 5.81. The lowest BCUT2D eigenvalue weighted by molar-refractivity contribution is -0.133. The average Bonchev–Trinajstić information content (AvgIpc) is 1.64. The van der Waals surface area contributed by atoms with Crippen LogP contribution in [0.25, 0.3) is 0 Å². The van der Waals surface area contributed by atoms with Crippen LogP contribution in [0.15, 0.2) is 139 Å². The normalized spacial score (nSPS) is 17.7. The van der Waals surface area contributed by atoms with Gasteiger partial charge in [-0.15, -0.1) is 0 Å². The molecule has 0 spiro atoms. The molecule has 93 heavy (non-hydrogen) atoms. The first-order valence-corrected chi connectivity index (χ1v) is 31.6. The van der Waals surface area contributed by atoms with Crippen molar-refractivity contribution in [3.8, 4) is 17.2 Å². The van der Waals surface area contributed by atoms with Gasteiger partial charge in [0.1, 0.15) is 31.4 Å². The molecule has 0 fully saturated rings. The number of anilines is 1. The van der Waals surface area contributed by atoms with Gasteiger partial charge in [0.2, 0.25) is 5.91 Å². The topological polar surface area (TPSA) is 247 Å². The van der Waals surface area contributed by atoms with Crippen molar-refractivity contribution in [1.29, 1.82) is 0 Å². The molecule has 0 saturated carbocycles. The molecule has 20 heteroatoms. The van der Waals surface area contributed by atoms with E-state index in [-0.39, 0.29) is 116 Å². The van der Waals surface area contributed by atoms with Gasteiger partial charge in [-0.05, 0) is 120 Å². The Morgan fingerprint density at radius 3 is 2.04 bits per heavy atom. The van der Waals surface area contributed by atoms with Crippen LogP contribution in [0, 0.1) is 18.8 Å². The number of hydrogen-bond acceptors (Lipinski definition) is 15. The number of fused-ring (bicyclic) bond motifs is 6. The van der Waals surface area contributed by atoms with Crippen molar-refractivity contribution in [2.45, 2.75) is 143 Å². The maximum absolute atomic E-state index is 14.8. The zero-order chi connectivity index (χ0) is 65.6. The molecule has 0 radical (unpaired) electrons. The van der Waals surface area contributed by atoms with Crippen LogP contribution in [-0.2, 0) is 82.7 Å². The molecule has 20 nitrogen and oxygen atoms in total. The van der Waals surface area contributed by atoms with E-state index >= 15 is 0 Å². The van der Waals surface area contributed by atoms with Crippen molar-refractivity contribution >= 4 is 58.9 Å². The Morgan fingerprint density at radius 2 is 1.38 bits per heavy atom. The molecule has 0 aliphatic carbocycles. The number of aliphatic hydroxyl groups is 2. The number of ether oxygens (including phenoxy) is 4. The molecule has 5 atom stereocenters. The quantitative estimate of drug-likeness (QED) is 0.0478. The van der Waals surface area contributed by atoms with Crippen LogP contribution < -0.4 is 24.4 Å². The van der Waals surface area contributed by atoms with E-state index < -0.39 is 36.2 Å². The van der Waals surface area contributed by atoms with Crippen molar-refractivity contribution in [3.63, 3.8) is 0 Å². The van der Waals surface area contributed by atoms with E-state index in [2.05, 4.69) is 24.0 Å². The lowest BCUT2D eigenvalue weighted by atomic mass is 9.88. The smallest absolute Gasteiger partial charge is 0.416 e. The van der Waals surface area contributed by atoms with Crippen LogP contribution in [-0.4, -0.2) is 115 Å². The number of unbranched alkanes of at least 4 members (excludes halogenated alkanes) is 2. The first kappa shape index (κ1) is 64.7. The minimum absolute atomic E-state index is 0.00670. The number of aromatic nitrogens is 1. The van der Waals surface area contributed by atoms with Crippen LogP contribution in [0.3, 0.4) is 0 Å². The fourth-order valence-electron chi connectivity index (χ4n) is 12.7. The SMILES string of the molecule is C=C1C=CC(=O)N1CCCCCC(=O)C[C@H](C(=O)N[C@@H](C)C(=O)Cc1ccc(COC(=O)N2c3cc(OCc4cc(CO)cc(COc5cc6c(cc5C)C(=O)N5Cc7ccccc7C[C@H]5C=N6)n4)c(OC)cc3C(=O)N3Cc4ccccc4C[C@H]3C2O)cc1)C(C)C. The van der Waals surface area contributed by atoms with E-state index in [4.69, 9.17) is 28.9 Å². The highest BCUT2D eigenvalue weighted by atomic mass is 16.6. The predicted molar refractivity (Wildman–Crippen MR) is 347 cm³/mol. The van der Waals surface area contributed by atoms with Gasteiger partial charge in [0, 0.05) is 74.9 Å². The fourth-order valence-corrected chi connectivity index (χ4v) is 12.7. The summed E-state index contributed by atoms with van der Waals surface area (Å²) in [5.41, 5.74) is 9.16. The number of allylic oxidation sites excluding steroid dienone is 1. The van der Waals surface area contributed by atoms with E-state index in [9.17, 15) is 43.8 Å². The fraction of sp³-hybridized carbons (Fsp3) is 0.356. The summed E-state index contributed by atoms with van der Waals surface area (Å²) in [6, 6.07) is 30.6. The lowest BCUT2D eigenvalue weighted by Gasteiger charge is -2.39. The molecule has 0 bridgehead atoms. The van der Waals surface area contributed by atoms with E-state index in [1.165, 1.54) is 30.9 Å². The van der Waals surface area contributed by atoms with Crippen LogP contribution in [0.1, 0.15) is 129 Å². The number of amides is 5. The van der Waals surface area contributed by atoms with Gasteiger partial charge in [0.05, 0.1) is 65.7 Å². The van der Waals surface area contributed by atoms with Gasteiger partial charge >= 0.3 is 6.09 Å². The molecular formula is C73H77N7O13. The molecular weight excluding hydrogens is 1180 g/mol. The van der Waals surface area contributed by atoms with Gasteiger partial charge < -0.3 is 49.2 Å². The van der Waals surface area contributed by atoms with Crippen LogP contribution in [0.4, 0.5) is 16.2 Å². The number of rotatable bonds is 24. The highest BCUT2D eigenvalue weighted by Crippen LogP contribution is 2.43. The molecule has 5 aliphatic heterocycles. The van der Waals surface area contributed by atoms with E-state index in [1.807, 2.05) is 68.3 Å². The second kappa shape index (κ2) is 28.4. The Labute approximate surface area is 540 Å². The molecule has 5 amide bonds. The number of nitrogens with zero attached hydrogens (tertiary/aromatic N) is 6. The van der Waals surface area contributed by atoms with E-state index in [1.54, 1.807) is 71.3 Å².